The van der Waals surface area contributed by atoms with Gasteiger partial charge in [0, 0.05) is 43.8 Å². The van der Waals surface area contributed by atoms with Crippen LogP contribution in [0.4, 0.5) is 0 Å². The number of nitrogens with zero attached hydrogens (tertiary/aromatic N) is 5. The molecule has 0 N–H and O–H groups in total. The molecular formula is C58H41N5. The third kappa shape index (κ3) is 6.64. The molecule has 298 valence electrons. The van der Waals surface area contributed by atoms with Crippen LogP contribution in [0.5, 0.6) is 0 Å². The Kier molecular flexibility index (Phi) is 9.48. The maximum absolute atomic E-state index is 5.33. The van der Waals surface area contributed by atoms with Crippen LogP contribution in [0.25, 0.3) is 106 Å². The second-order valence-corrected chi connectivity index (χ2v) is 15.7. The fourth-order valence-corrected chi connectivity index (χ4v) is 8.97. The second-order valence-electron chi connectivity index (χ2n) is 15.7. The number of allylic oxidation sites excluding steroid dienone is 5. The standard InChI is InChI=1S/C58H41N5/c1-3-4-6-20-39(2)41-35-36-44(55(38-41)63-52-32-16-11-27-47(52)48-28-12-17-33-53(48)63)42-23-19-24-43(37-42)57-59-56(40-21-7-5-8-22-40)60-58(61-57)49-29-13-18-34-54(49)62-50-30-14-9-25-45(50)46-26-10-15-31-51(46)62/h3-38H,1H2,2H3/b6-4-,39-20+. The van der Waals surface area contributed by atoms with E-state index in [1.165, 1.54) is 21.5 Å². The summed E-state index contributed by atoms with van der Waals surface area (Å²) in [5.74, 6) is 1.81. The molecule has 0 saturated carbocycles. The Bertz CT molecular complexity index is 3500. The van der Waals surface area contributed by atoms with Crippen LogP contribution < -0.4 is 0 Å². The van der Waals surface area contributed by atoms with E-state index in [0.717, 1.165) is 72.4 Å². The van der Waals surface area contributed by atoms with Gasteiger partial charge in [0.15, 0.2) is 17.5 Å². The topological polar surface area (TPSA) is 48.5 Å². The van der Waals surface area contributed by atoms with Crippen molar-refractivity contribution >= 4 is 49.2 Å². The summed E-state index contributed by atoms with van der Waals surface area (Å²) in [6, 6.07) is 68.5. The fourth-order valence-electron chi connectivity index (χ4n) is 8.97. The first-order valence-corrected chi connectivity index (χ1v) is 21.2. The molecule has 11 aromatic rings. The van der Waals surface area contributed by atoms with E-state index in [0.29, 0.717) is 17.5 Å². The van der Waals surface area contributed by atoms with Crippen molar-refractivity contribution in [2.24, 2.45) is 0 Å². The maximum Gasteiger partial charge on any atom is 0.166 e. The molecular weight excluding hydrogens is 767 g/mol. The van der Waals surface area contributed by atoms with Crippen molar-refractivity contribution in [2.45, 2.75) is 6.92 Å². The summed E-state index contributed by atoms with van der Waals surface area (Å²) in [5.41, 5.74) is 13.8. The molecule has 0 unspecified atom stereocenters. The van der Waals surface area contributed by atoms with Gasteiger partial charge in [0.05, 0.1) is 33.4 Å². The number of hydrogen-bond donors (Lipinski definition) is 0. The van der Waals surface area contributed by atoms with Gasteiger partial charge in [-0.15, -0.1) is 0 Å². The van der Waals surface area contributed by atoms with E-state index in [-0.39, 0.29) is 0 Å². The minimum atomic E-state index is 0.598. The number of aromatic nitrogens is 5. The van der Waals surface area contributed by atoms with E-state index < -0.39 is 0 Å². The molecule has 0 spiro atoms. The van der Waals surface area contributed by atoms with Crippen LogP contribution in [0.3, 0.4) is 0 Å². The number of para-hydroxylation sites is 5. The third-order valence-electron chi connectivity index (χ3n) is 11.9. The van der Waals surface area contributed by atoms with E-state index in [9.17, 15) is 0 Å². The van der Waals surface area contributed by atoms with Crippen LogP contribution in [0.2, 0.25) is 0 Å². The van der Waals surface area contributed by atoms with E-state index in [2.05, 4.69) is 205 Å². The highest BCUT2D eigenvalue weighted by Gasteiger charge is 2.21. The Labute approximate surface area is 365 Å². The Morgan fingerprint density at radius 2 is 0.905 bits per heavy atom. The molecule has 0 amide bonds. The summed E-state index contributed by atoms with van der Waals surface area (Å²) in [6.45, 7) is 6.01. The SMILES string of the molecule is C=C/C=C\C=C(/C)c1ccc(-c2cccc(-c3nc(-c4ccccc4)nc(-c4ccccc4-n4c5ccccc5c5ccccc54)n3)c2)c(-n2c3ccccc3c3ccccc32)c1. The molecule has 0 radical (unpaired) electrons. The van der Waals surface area contributed by atoms with Crippen molar-refractivity contribution in [1.29, 1.82) is 0 Å². The van der Waals surface area contributed by atoms with Crippen molar-refractivity contribution in [3.63, 3.8) is 0 Å². The molecule has 0 bridgehead atoms. The predicted molar refractivity (Wildman–Crippen MR) is 263 cm³/mol. The Hall–Kier alpha value is -8.41. The average molecular weight is 808 g/mol. The van der Waals surface area contributed by atoms with Crippen molar-refractivity contribution in [1.82, 2.24) is 24.1 Å². The fraction of sp³-hybridized carbons (Fsp3) is 0.0172. The normalized spacial score (nSPS) is 12.0. The van der Waals surface area contributed by atoms with Gasteiger partial charge in [0.2, 0.25) is 0 Å². The highest BCUT2D eigenvalue weighted by molar-refractivity contribution is 6.11. The van der Waals surface area contributed by atoms with Gasteiger partial charge >= 0.3 is 0 Å². The summed E-state index contributed by atoms with van der Waals surface area (Å²) in [4.78, 5) is 15.7. The molecule has 3 aromatic heterocycles. The second kappa shape index (κ2) is 15.9. The minimum absolute atomic E-state index is 0.598. The molecule has 0 atom stereocenters. The summed E-state index contributed by atoms with van der Waals surface area (Å²) >= 11 is 0. The van der Waals surface area contributed by atoms with E-state index >= 15 is 0 Å². The molecule has 5 nitrogen and oxygen atoms in total. The average Bonchev–Trinajstić information content (AvgIpc) is 3.87. The maximum atomic E-state index is 5.33. The predicted octanol–water partition coefficient (Wildman–Crippen LogP) is 14.9. The molecule has 11 rings (SSSR count). The molecule has 63 heavy (non-hydrogen) atoms. The largest absolute Gasteiger partial charge is 0.309 e. The van der Waals surface area contributed by atoms with Gasteiger partial charge in [0.25, 0.3) is 0 Å². The van der Waals surface area contributed by atoms with Gasteiger partial charge in [-0.2, -0.15) is 0 Å². The van der Waals surface area contributed by atoms with Crippen LogP contribution in [0.15, 0.2) is 225 Å². The van der Waals surface area contributed by atoms with E-state index in [4.69, 9.17) is 15.0 Å². The molecule has 0 saturated heterocycles. The van der Waals surface area contributed by atoms with E-state index in [1.54, 1.807) is 6.08 Å². The first-order valence-electron chi connectivity index (χ1n) is 21.2. The zero-order chi connectivity index (χ0) is 42.3. The Morgan fingerprint density at radius 1 is 0.413 bits per heavy atom. The molecule has 0 aliphatic rings. The number of hydrogen-bond acceptors (Lipinski definition) is 3. The van der Waals surface area contributed by atoms with Gasteiger partial charge in [-0.05, 0) is 72.2 Å². The summed E-state index contributed by atoms with van der Waals surface area (Å²) < 4.78 is 4.74. The van der Waals surface area contributed by atoms with Gasteiger partial charge in [-0.25, -0.2) is 15.0 Å². The highest BCUT2D eigenvalue weighted by atomic mass is 15.1. The van der Waals surface area contributed by atoms with Crippen LogP contribution in [0.1, 0.15) is 12.5 Å². The van der Waals surface area contributed by atoms with Gasteiger partial charge < -0.3 is 9.13 Å². The van der Waals surface area contributed by atoms with Crippen LogP contribution in [0, 0.1) is 0 Å². The summed E-state index contributed by atoms with van der Waals surface area (Å²) in [6.07, 6.45) is 7.92. The molecule has 0 aliphatic carbocycles. The monoisotopic (exact) mass is 807 g/mol. The third-order valence-corrected chi connectivity index (χ3v) is 11.9. The quantitative estimate of drug-likeness (QED) is 0.137. The van der Waals surface area contributed by atoms with Crippen LogP contribution in [-0.2, 0) is 0 Å². The van der Waals surface area contributed by atoms with Crippen molar-refractivity contribution in [3.05, 3.63) is 231 Å². The zero-order valence-corrected chi connectivity index (χ0v) is 34.7. The number of benzene rings is 8. The van der Waals surface area contributed by atoms with Crippen molar-refractivity contribution in [3.8, 4) is 56.7 Å². The smallest absolute Gasteiger partial charge is 0.166 e. The minimum Gasteiger partial charge on any atom is -0.309 e. The Balaban J connectivity index is 1.11. The lowest BCUT2D eigenvalue weighted by Gasteiger charge is -2.17. The van der Waals surface area contributed by atoms with Crippen LogP contribution >= 0.6 is 0 Å². The Morgan fingerprint density at radius 3 is 1.52 bits per heavy atom. The lowest BCUT2D eigenvalue weighted by Crippen LogP contribution is -2.03. The molecule has 0 aliphatic heterocycles. The lowest BCUT2D eigenvalue weighted by molar-refractivity contribution is 1.06. The first-order chi connectivity index (χ1) is 31.1. The number of rotatable bonds is 9. The molecule has 5 heteroatoms. The highest BCUT2D eigenvalue weighted by Crippen LogP contribution is 2.40. The zero-order valence-electron chi connectivity index (χ0n) is 34.7. The van der Waals surface area contributed by atoms with E-state index in [1.807, 2.05) is 30.4 Å². The summed E-state index contributed by atoms with van der Waals surface area (Å²) in [7, 11) is 0. The van der Waals surface area contributed by atoms with Crippen molar-refractivity contribution in [2.75, 3.05) is 0 Å². The molecule has 0 fully saturated rings. The van der Waals surface area contributed by atoms with Crippen LogP contribution in [-0.4, -0.2) is 24.1 Å². The van der Waals surface area contributed by atoms with Gasteiger partial charge in [-0.1, -0.05) is 176 Å². The van der Waals surface area contributed by atoms with Crippen molar-refractivity contribution < 1.29 is 0 Å². The molecule has 3 heterocycles. The number of fused-ring (bicyclic) bond motifs is 6. The van der Waals surface area contributed by atoms with Gasteiger partial charge in [0.1, 0.15) is 0 Å². The molecule has 8 aromatic carbocycles. The lowest BCUT2D eigenvalue weighted by atomic mass is 9.96. The van der Waals surface area contributed by atoms with Gasteiger partial charge in [-0.3, -0.25) is 0 Å². The first kappa shape index (κ1) is 37.6. The summed E-state index contributed by atoms with van der Waals surface area (Å²) in [5, 5.41) is 4.83.